The Kier molecular flexibility index (Phi) is 4.74. The number of rotatable bonds is 4. The van der Waals surface area contributed by atoms with Crippen molar-refractivity contribution in [2.45, 2.75) is 20.4 Å². The highest BCUT2D eigenvalue weighted by molar-refractivity contribution is 9.10. The van der Waals surface area contributed by atoms with Crippen molar-refractivity contribution >= 4 is 31.6 Å². The summed E-state index contributed by atoms with van der Waals surface area (Å²) in [6.07, 6.45) is 1.23. The van der Waals surface area contributed by atoms with Crippen LogP contribution in [0.2, 0.25) is 0 Å². The summed E-state index contributed by atoms with van der Waals surface area (Å²) < 4.78 is 26.5. The summed E-state index contributed by atoms with van der Waals surface area (Å²) in [6, 6.07) is 13.4. The molecule has 3 nitrogen and oxygen atoms in total. The zero-order valence-electron chi connectivity index (χ0n) is 12.3. The molecule has 0 saturated heterocycles. The van der Waals surface area contributed by atoms with E-state index in [0.717, 1.165) is 21.2 Å². The third-order valence-corrected chi connectivity index (χ3v) is 4.74. The van der Waals surface area contributed by atoms with E-state index in [1.54, 1.807) is 6.07 Å². The van der Waals surface area contributed by atoms with E-state index >= 15 is 0 Å². The van der Waals surface area contributed by atoms with Crippen LogP contribution in [0.3, 0.4) is 0 Å². The van der Waals surface area contributed by atoms with Gasteiger partial charge in [0.25, 0.3) is 0 Å². The van der Waals surface area contributed by atoms with Gasteiger partial charge in [0.1, 0.15) is 0 Å². The predicted molar refractivity (Wildman–Crippen MR) is 91.1 cm³/mol. The minimum atomic E-state index is -3.35. The summed E-state index contributed by atoms with van der Waals surface area (Å²) in [7, 11) is -3.35. The summed E-state index contributed by atoms with van der Waals surface area (Å²) in [4.78, 5) is 0. The van der Waals surface area contributed by atoms with E-state index in [-0.39, 0.29) is 0 Å². The monoisotopic (exact) mass is 367 g/mol. The summed E-state index contributed by atoms with van der Waals surface area (Å²) in [6.45, 7) is 4.36. The van der Waals surface area contributed by atoms with Gasteiger partial charge in [-0.05, 0) is 37.6 Å². The molecule has 0 amide bonds. The van der Waals surface area contributed by atoms with Gasteiger partial charge < -0.3 is 0 Å². The highest BCUT2D eigenvalue weighted by atomic mass is 79.9. The molecule has 0 atom stereocenters. The largest absolute Gasteiger partial charge is 0.266 e. The first kappa shape index (κ1) is 16.0. The highest BCUT2D eigenvalue weighted by Crippen LogP contribution is 2.24. The number of hydrogen-bond acceptors (Lipinski definition) is 2. The van der Waals surface area contributed by atoms with Crippen LogP contribution < -0.4 is 4.31 Å². The smallest absolute Gasteiger partial charge is 0.232 e. The minimum absolute atomic E-state index is 0.331. The second kappa shape index (κ2) is 6.20. The zero-order valence-corrected chi connectivity index (χ0v) is 14.7. The van der Waals surface area contributed by atoms with Crippen LogP contribution in [0.25, 0.3) is 0 Å². The van der Waals surface area contributed by atoms with Crippen LogP contribution >= 0.6 is 15.9 Å². The lowest BCUT2D eigenvalue weighted by atomic mass is 10.1. The topological polar surface area (TPSA) is 37.4 Å². The maximum Gasteiger partial charge on any atom is 0.232 e. The molecule has 2 aromatic rings. The van der Waals surface area contributed by atoms with E-state index < -0.39 is 10.0 Å². The number of halogens is 1. The Labute approximate surface area is 134 Å². The molecule has 0 radical (unpaired) electrons. The Balaban J connectivity index is 2.43. The molecule has 21 heavy (non-hydrogen) atoms. The van der Waals surface area contributed by atoms with Gasteiger partial charge in [-0.15, -0.1) is 0 Å². The normalized spacial score (nSPS) is 11.4. The molecule has 0 fully saturated rings. The molecule has 0 N–H and O–H groups in total. The fourth-order valence-electron chi connectivity index (χ4n) is 2.36. The molecule has 2 aromatic carbocycles. The molecule has 0 unspecified atom stereocenters. The zero-order chi connectivity index (χ0) is 15.6. The first-order valence-corrected chi connectivity index (χ1v) is 9.20. The third kappa shape index (κ3) is 4.32. The van der Waals surface area contributed by atoms with Crippen molar-refractivity contribution in [2.24, 2.45) is 0 Å². The van der Waals surface area contributed by atoms with E-state index in [1.807, 2.05) is 44.2 Å². The lowest BCUT2D eigenvalue weighted by Crippen LogP contribution is -2.29. The van der Waals surface area contributed by atoms with Crippen LogP contribution in [-0.2, 0) is 16.6 Å². The van der Waals surface area contributed by atoms with Crippen LogP contribution in [0.4, 0.5) is 5.69 Å². The van der Waals surface area contributed by atoms with Crippen molar-refractivity contribution in [3.8, 4) is 0 Å². The Morgan fingerprint density at radius 2 is 1.67 bits per heavy atom. The predicted octanol–water partition coefficient (Wildman–Crippen LogP) is 4.03. The Morgan fingerprint density at radius 3 is 2.19 bits per heavy atom. The number of sulfonamides is 1. The molecule has 0 heterocycles. The number of hydrogen-bond donors (Lipinski definition) is 0. The van der Waals surface area contributed by atoms with Gasteiger partial charge in [-0.2, -0.15) is 0 Å². The third-order valence-electron chi connectivity index (χ3n) is 3.10. The van der Waals surface area contributed by atoms with Crippen molar-refractivity contribution in [1.29, 1.82) is 0 Å². The summed E-state index contributed by atoms with van der Waals surface area (Å²) >= 11 is 3.38. The van der Waals surface area contributed by atoms with Gasteiger partial charge in [0.15, 0.2) is 0 Å². The second-order valence-corrected chi connectivity index (χ2v) is 8.07. The number of anilines is 1. The first-order chi connectivity index (χ1) is 9.75. The molecule has 0 aliphatic heterocycles. The standard InChI is InChI=1S/C16H18BrNO2S/c1-12-7-13(2)9-14(8-12)11-18(21(3,19)20)16-6-4-5-15(17)10-16/h4-10H,11H2,1-3H3. The molecule has 0 aliphatic rings. The molecule has 112 valence electrons. The maximum atomic E-state index is 12.1. The van der Waals surface area contributed by atoms with Crippen LogP contribution in [0.15, 0.2) is 46.9 Å². The van der Waals surface area contributed by atoms with E-state index in [9.17, 15) is 8.42 Å². The van der Waals surface area contributed by atoms with Crippen LogP contribution in [0.1, 0.15) is 16.7 Å². The first-order valence-electron chi connectivity index (χ1n) is 6.56. The highest BCUT2D eigenvalue weighted by Gasteiger charge is 2.18. The van der Waals surface area contributed by atoms with Gasteiger partial charge in [-0.25, -0.2) is 8.42 Å². The van der Waals surface area contributed by atoms with E-state index in [1.165, 1.54) is 10.6 Å². The fraction of sp³-hybridized carbons (Fsp3) is 0.250. The van der Waals surface area contributed by atoms with Gasteiger partial charge in [0.2, 0.25) is 10.0 Å². The Hall–Kier alpha value is -1.33. The molecule has 0 aliphatic carbocycles. The average Bonchev–Trinajstić information content (AvgIpc) is 2.33. The van der Waals surface area contributed by atoms with Crippen molar-refractivity contribution < 1.29 is 8.42 Å². The molecule has 0 saturated carbocycles. The van der Waals surface area contributed by atoms with Crippen LogP contribution in [0.5, 0.6) is 0 Å². The van der Waals surface area contributed by atoms with Crippen molar-refractivity contribution in [3.63, 3.8) is 0 Å². The van der Waals surface area contributed by atoms with Crippen molar-refractivity contribution in [1.82, 2.24) is 0 Å². The average molecular weight is 368 g/mol. The summed E-state index contributed by atoms with van der Waals surface area (Å²) in [5.74, 6) is 0. The number of aryl methyl sites for hydroxylation is 2. The molecular weight excluding hydrogens is 350 g/mol. The van der Waals surface area contributed by atoms with Gasteiger partial charge >= 0.3 is 0 Å². The fourth-order valence-corrected chi connectivity index (χ4v) is 3.62. The van der Waals surface area contributed by atoms with Crippen LogP contribution in [-0.4, -0.2) is 14.7 Å². The molecule has 2 rings (SSSR count). The summed E-state index contributed by atoms with van der Waals surface area (Å²) in [5, 5.41) is 0. The molecule has 0 spiro atoms. The van der Waals surface area contributed by atoms with Gasteiger partial charge in [-0.3, -0.25) is 4.31 Å². The summed E-state index contributed by atoms with van der Waals surface area (Å²) in [5.41, 5.74) is 3.91. The minimum Gasteiger partial charge on any atom is -0.266 e. The second-order valence-electron chi connectivity index (χ2n) is 5.25. The Bertz CT molecular complexity index is 736. The van der Waals surface area contributed by atoms with Gasteiger partial charge in [0.05, 0.1) is 18.5 Å². The maximum absolute atomic E-state index is 12.1. The van der Waals surface area contributed by atoms with E-state index in [0.29, 0.717) is 12.2 Å². The van der Waals surface area contributed by atoms with Gasteiger partial charge in [0, 0.05) is 4.47 Å². The quantitative estimate of drug-likeness (QED) is 0.817. The number of benzene rings is 2. The molecular formula is C16H18BrNO2S. The molecule has 5 heteroatoms. The molecule has 0 bridgehead atoms. The van der Waals surface area contributed by atoms with Crippen LogP contribution in [0, 0.1) is 13.8 Å². The Morgan fingerprint density at radius 1 is 1.05 bits per heavy atom. The molecule has 0 aromatic heterocycles. The van der Waals surface area contributed by atoms with Crippen molar-refractivity contribution in [2.75, 3.05) is 10.6 Å². The van der Waals surface area contributed by atoms with E-state index in [4.69, 9.17) is 0 Å². The van der Waals surface area contributed by atoms with Gasteiger partial charge in [-0.1, -0.05) is 51.3 Å². The van der Waals surface area contributed by atoms with Crippen molar-refractivity contribution in [3.05, 3.63) is 63.6 Å². The lowest BCUT2D eigenvalue weighted by molar-refractivity contribution is 0.596. The SMILES string of the molecule is Cc1cc(C)cc(CN(c2cccc(Br)c2)S(C)(=O)=O)c1. The lowest BCUT2D eigenvalue weighted by Gasteiger charge is -2.23. The van der Waals surface area contributed by atoms with E-state index in [2.05, 4.69) is 22.0 Å². The number of nitrogens with zero attached hydrogens (tertiary/aromatic N) is 1.